The zero-order valence-electron chi connectivity index (χ0n) is 10.5. The highest BCUT2D eigenvalue weighted by Gasteiger charge is 2.18. The number of aromatic nitrogens is 1. The molecule has 1 aromatic carbocycles. The van der Waals surface area contributed by atoms with Crippen molar-refractivity contribution in [1.29, 1.82) is 10.5 Å². The lowest BCUT2D eigenvalue weighted by molar-refractivity contribution is 1.01. The zero-order chi connectivity index (χ0) is 14.2. The minimum atomic E-state index is 0.368. The molecule has 2 aromatic rings. The molecular weight excluding hydrogens is 304 g/mol. The first kappa shape index (κ1) is 13.2. The number of halogens is 1. The van der Waals surface area contributed by atoms with E-state index in [1.54, 1.807) is 16.7 Å². The zero-order valence-corrected chi connectivity index (χ0v) is 12.1. The normalized spacial score (nSPS) is 9.95. The third-order valence-electron chi connectivity index (χ3n) is 3.18. The van der Waals surface area contributed by atoms with Gasteiger partial charge in [0.05, 0.1) is 16.8 Å². The second kappa shape index (κ2) is 4.79. The van der Waals surface area contributed by atoms with Crippen molar-refractivity contribution in [3.8, 4) is 17.8 Å². The van der Waals surface area contributed by atoms with E-state index in [2.05, 4.69) is 28.1 Å². The fourth-order valence-electron chi connectivity index (χ4n) is 2.07. The maximum atomic E-state index is 9.20. The van der Waals surface area contributed by atoms with Crippen LogP contribution in [0.25, 0.3) is 5.69 Å². The van der Waals surface area contributed by atoms with Crippen LogP contribution < -0.4 is 5.73 Å². The van der Waals surface area contributed by atoms with Gasteiger partial charge in [0.25, 0.3) is 0 Å². The monoisotopic (exact) mass is 314 g/mol. The molecule has 2 N–H and O–H groups in total. The van der Waals surface area contributed by atoms with E-state index in [1.165, 1.54) is 0 Å². The van der Waals surface area contributed by atoms with Crippen molar-refractivity contribution in [2.45, 2.75) is 13.8 Å². The lowest BCUT2D eigenvalue weighted by Crippen LogP contribution is -2.04. The first-order valence-corrected chi connectivity index (χ1v) is 6.38. The summed E-state index contributed by atoms with van der Waals surface area (Å²) in [6.07, 6.45) is 0. The minimum Gasteiger partial charge on any atom is -0.384 e. The van der Waals surface area contributed by atoms with E-state index in [1.807, 2.05) is 19.9 Å². The van der Waals surface area contributed by atoms with Crippen LogP contribution in [0.2, 0.25) is 0 Å². The van der Waals surface area contributed by atoms with E-state index >= 15 is 0 Å². The summed E-state index contributed by atoms with van der Waals surface area (Å²) in [6, 6.07) is 9.59. The molecule has 0 unspecified atom stereocenters. The van der Waals surface area contributed by atoms with Crippen LogP contribution in [0.5, 0.6) is 0 Å². The third kappa shape index (κ3) is 1.99. The van der Waals surface area contributed by atoms with Crippen molar-refractivity contribution in [3.05, 3.63) is 45.1 Å². The summed E-state index contributed by atoms with van der Waals surface area (Å²) >= 11 is 3.39. The number of nitrogens with zero attached hydrogens (tertiary/aromatic N) is 3. The van der Waals surface area contributed by atoms with Crippen LogP contribution in [0, 0.1) is 36.5 Å². The van der Waals surface area contributed by atoms with E-state index in [-0.39, 0.29) is 0 Å². The predicted molar refractivity (Wildman–Crippen MR) is 76.8 cm³/mol. The van der Waals surface area contributed by atoms with Gasteiger partial charge in [-0.05, 0) is 37.6 Å². The Morgan fingerprint density at radius 2 is 1.89 bits per heavy atom. The van der Waals surface area contributed by atoms with E-state index in [4.69, 9.17) is 11.0 Å². The molecule has 0 bridgehead atoms. The summed E-state index contributed by atoms with van der Waals surface area (Å²) in [5, 5.41) is 18.3. The number of nitriles is 2. The third-order valence-corrected chi connectivity index (χ3v) is 3.68. The van der Waals surface area contributed by atoms with Gasteiger partial charge in [0.1, 0.15) is 18.0 Å². The molecule has 94 valence electrons. The van der Waals surface area contributed by atoms with Crippen molar-refractivity contribution in [2.24, 2.45) is 0 Å². The van der Waals surface area contributed by atoms with Gasteiger partial charge in [0.2, 0.25) is 0 Å². The Hall–Kier alpha value is -2.24. The van der Waals surface area contributed by atoms with Crippen LogP contribution in [0.15, 0.2) is 22.7 Å². The van der Waals surface area contributed by atoms with Gasteiger partial charge in [0, 0.05) is 10.2 Å². The molecule has 0 saturated heterocycles. The predicted octanol–water partition coefficient (Wildman–Crippen LogP) is 3.18. The largest absolute Gasteiger partial charge is 0.384 e. The number of hydrogen-bond donors (Lipinski definition) is 1. The van der Waals surface area contributed by atoms with Crippen LogP contribution in [0.3, 0.4) is 0 Å². The average Bonchev–Trinajstić information content (AvgIpc) is 2.60. The summed E-state index contributed by atoms with van der Waals surface area (Å²) in [5.41, 5.74) is 9.39. The second-order valence-corrected chi connectivity index (χ2v) is 5.11. The quantitative estimate of drug-likeness (QED) is 0.878. The number of benzene rings is 1. The first-order valence-electron chi connectivity index (χ1n) is 5.58. The van der Waals surface area contributed by atoms with Crippen LogP contribution in [0.4, 0.5) is 5.82 Å². The Balaban J connectivity index is 2.85. The molecule has 0 aliphatic carbocycles. The Kier molecular flexibility index (Phi) is 3.33. The molecule has 0 atom stereocenters. The van der Waals surface area contributed by atoms with Gasteiger partial charge < -0.3 is 5.73 Å². The molecule has 0 aliphatic rings. The maximum Gasteiger partial charge on any atom is 0.126 e. The molecule has 0 amide bonds. The van der Waals surface area contributed by atoms with Gasteiger partial charge >= 0.3 is 0 Å². The summed E-state index contributed by atoms with van der Waals surface area (Å²) < 4.78 is 2.60. The SMILES string of the molecule is Cc1c(C#N)c(N)n(-c2cc(Br)ccc2C#N)c1C. The van der Waals surface area contributed by atoms with E-state index < -0.39 is 0 Å². The van der Waals surface area contributed by atoms with Crippen molar-refractivity contribution in [2.75, 3.05) is 5.73 Å². The van der Waals surface area contributed by atoms with E-state index in [0.29, 0.717) is 22.6 Å². The lowest BCUT2D eigenvalue weighted by atomic mass is 10.2. The molecule has 0 fully saturated rings. The van der Waals surface area contributed by atoms with Gasteiger partial charge in [-0.25, -0.2) is 0 Å². The number of nitrogen functional groups attached to an aromatic ring is 1. The molecule has 0 aliphatic heterocycles. The first-order chi connectivity index (χ1) is 9.01. The Morgan fingerprint density at radius 1 is 1.21 bits per heavy atom. The van der Waals surface area contributed by atoms with Crippen LogP contribution >= 0.6 is 15.9 Å². The fraction of sp³-hybridized carbons (Fsp3) is 0.143. The standard InChI is InChI=1S/C14H11BrN4/c1-8-9(2)19(14(18)12(8)7-17)13-5-11(15)4-3-10(13)6-16/h3-5H,18H2,1-2H3. The highest BCUT2D eigenvalue weighted by Crippen LogP contribution is 2.30. The average molecular weight is 315 g/mol. The minimum absolute atomic E-state index is 0.368. The summed E-state index contributed by atoms with van der Waals surface area (Å²) in [4.78, 5) is 0. The Labute approximate surface area is 119 Å². The summed E-state index contributed by atoms with van der Waals surface area (Å²) in [6.45, 7) is 3.74. The van der Waals surface area contributed by atoms with Gasteiger partial charge in [-0.1, -0.05) is 15.9 Å². The Bertz CT molecular complexity index is 744. The molecule has 4 nitrogen and oxygen atoms in total. The highest BCUT2D eigenvalue weighted by atomic mass is 79.9. The van der Waals surface area contributed by atoms with Gasteiger partial charge in [-0.3, -0.25) is 4.57 Å². The van der Waals surface area contributed by atoms with Crippen LogP contribution in [0.1, 0.15) is 22.4 Å². The van der Waals surface area contributed by atoms with Crippen molar-refractivity contribution in [1.82, 2.24) is 4.57 Å². The van der Waals surface area contributed by atoms with Gasteiger partial charge in [-0.2, -0.15) is 10.5 Å². The highest BCUT2D eigenvalue weighted by molar-refractivity contribution is 9.10. The molecule has 0 saturated carbocycles. The number of rotatable bonds is 1. The molecular formula is C14H11BrN4. The van der Waals surface area contributed by atoms with Crippen LogP contribution in [-0.4, -0.2) is 4.57 Å². The fourth-order valence-corrected chi connectivity index (χ4v) is 2.42. The van der Waals surface area contributed by atoms with Gasteiger partial charge in [-0.15, -0.1) is 0 Å². The molecule has 0 spiro atoms. The smallest absolute Gasteiger partial charge is 0.126 e. The van der Waals surface area contributed by atoms with Crippen molar-refractivity contribution in [3.63, 3.8) is 0 Å². The number of hydrogen-bond acceptors (Lipinski definition) is 3. The van der Waals surface area contributed by atoms with Gasteiger partial charge in [0.15, 0.2) is 0 Å². The molecule has 2 rings (SSSR count). The number of nitrogens with two attached hydrogens (primary N) is 1. The molecule has 1 heterocycles. The lowest BCUT2D eigenvalue weighted by Gasteiger charge is -2.11. The number of anilines is 1. The maximum absolute atomic E-state index is 9.20. The Morgan fingerprint density at radius 3 is 2.42 bits per heavy atom. The summed E-state index contributed by atoms with van der Waals surface area (Å²) in [7, 11) is 0. The summed E-state index contributed by atoms with van der Waals surface area (Å²) in [5.74, 6) is 0.368. The van der Waals surface area contributed by atoms with E-state index in [9.17, 15) is 5.26 Å². The molecule has 19 heavy (non-hydrogen) atoms. The van der Waals surface area contributed by atoms with E-state index in [0.717, 1.165) is 15.7 Å². The topological polar surface area (TPSA) is 78.5 Å². The molecule has 0 radical (unpaired) electrons. The second-order valence-electron chi connectivity index (χ2n) is 4.19. The molecule has 1 aromatic heterocycles. The van der Waals surface area contributed by atoms with Crippen molar-refractivity contribution < 1.29 is 0 Å². The van der Waals surface area contributed by atoms with Crippen LogP contribution in [-0.2, 0) is 0 Å². The molecule has 5 heteroatoms. The van der Waals surface area contributed by atoms with Crippen molar-refractivity contribution >= 4 is 21.7 Å².